The van der Waals surface area contributed by atoms with E-state index in [2.05, 4.69) is 28.0 Å². The van der Waals surface area contributed by atoms with E-state index < -0.39 is 15.8 Å². The molecule has 0 aromatic heterocycles. The largest absolute Gasteiger partial charge is 0.465 e. The summed E-state index contributed by atoms with van der Waals surface area (Å²) in [5, 5.41) is 0.715. The van der Waals surface area contributed by atoms with Gasteiger partial charge >= 0.3 is 5.97 Å². The second-order valence-corrected chi connectivity index (χ2v) is 11.8. The van der Waals surface area contributed by atoms with Gasteiger partial charge in [-0.1, -0.05) is 66.2 Å². The van der Waals surface area contributed by atoms with Crippen LogP contribution in [-0.2, 0) is 21.1 Å². The Morgan fingerprint density at radius 2 is 1.51 bits per heavy atom. The first-order valence-corrected chi connectivity index (χ1v) is 14.6. The molecule has 0 bridgehead atoms. The molecular weight excluding hydrogens is 532 g/mol. The number of piperazine rings is 1. The Labute approximate surface area is 234 Å². The van der Waals surface area contributed by atoms with Gasteiger partial charge < -0.3 is 9.64 Å². The Morgan fingerprint density at radius 3 is 2.21 bits per heavy atom. The highest BCUT2D eigenvalue weighted by atomic mass is 35.5. The highest BCUT2D eigenvalue weighted by Gasteiger charge is 2.27. The molecule has 5 rings (SSSR count). The lowest BCUT2D eigenvalue weighted by atomic mass is 9.99. The number of anilines is 1. The molecule has 0 saturated carbocycles. The summed E-state index contributed by atoms with van der Waals surface area (Å²) in [5.74, 6) is -0.680. The van der Waals surface area contributed by atoms with E-state index in [4.69, 9.17) is 16.3 Å². The monoisotopic (exact) mass is 560 g/mol. The molecule has 1 aliphatic rings. The average Bonchev–Trinajstić information content (AvgIpc) is 2.98. The van der Waals surface area contributed by atoms with Crippen molar-refractivity contribution in [1.82, 2.24) is 4.90 Å². The van der Waals surface area contributed by atoms with Crippen molar-refractivity contribution in [1.29, 1.82) is 0 Å². The molecule has 0 aliphatic carbocycles. The quantitative estimate of drug-likeness (QED) is 0.260. The van der Waals surface area contributed by atoms with Crippen molar-refractivity contribution >= 4 is 33.1 Å². The Kier molecular flexibility index (Phi) is 8.02. The molecule has 0 radical (unpaired) electrons. The predicted octanol–water partition coefficient (Wildman–Crippen LogP) is 5.95. The fourth-order valence-corrected chi connectivity index (χ4v) is 6.52. The number of carbonyl (C=O) groups excluding carboxylic acids is 1. The standard InChI is InChI=1S/C31H29ClN2O4S/c1-38-31(35)29-16-15-26(21-30(29)39(36,37)27-8-3-2-4-9-27)34-19-17-33(18-20-34)22-24-7-5-6-10-28(24)23-11-13-25(32)14-12-23/h2-16,21H,17-20,22H2,1H3. The van der Waals surface area contributed by atoms with E-state index in [0.717, 1.165) is 44.0 Å². The Hall–Kier alpha value is -3.65. The molecular formula is C31H29ClN2O4S. The number of hydrogen-bond acceptors (Lipinski definition) is 6. The highest BCUT2D eigenvalue weighted by molar-refractivity contribution is 7.91. The summed E-state index contributed by atoms with van der Waals surface area (Å²) in [7, 11) is -2.67. The molecule has 8 heteroatoms. The summed E-state index contributed by atoms with van der Waals surface area (Å²) >= 11 is 6.09. The lowest BCUT2D eigenvalue weighted by molar-refractivity contribution is 0.0596. The van der Waals surface area contributed by atoms with E-state index in [1.807, 2.05) is 30.3 Å². The lowest BCUT2D eigenvalue weighted by Gasteiger charge is -2.36. The lowest BCUT2D eigenvalue weighted by Crippen LogP contribution is -2.46. The van der Waals surface area contributed by atoms with Gasteiger partial charge in [0.2, 0.25) is 9.84 Å². The molecule has 0 amide bonds. The van der Waals surface area contributed by atoms with Crippen LogP contribution in [0.3, 0.4) is 0 Å². The second-order valence-electron chi connectivity index (χ2n) is 9.42. The zero-order valence-corrected chi connectivity index (χ0v) is 23.2. The predicted molar refractivity (Wildman–Crippen MR) is 154 cm³/mol. The van der Waals surface area contributed by atoms with Gasteiger partial charge in [-0.2, -0.15) is 0 Å². The van der Waals surface area contributed by atoms with E-state index in [9.17, 15) is 13.2 Å². The number of hydrogen-bond donors (Lipinski definition) is 0. The first kappa shape index (κ1) is 26.9. The minimum Gasteiger partial charge on any atom is -0.465 e. The van der Waals surface area contributed by atoms with Crippen molar-refractivity contribution in [2.45, 2.75) is 16.3 Å². The minimum atomic E-state index is -3.92. The molecule has 0 spiro atoms. The average molecular weight is 561 g/mol. The van der Waals surface area contributed by atoms with Crippen LogP contribution in [0.5, 0.6) is 0 Å². The molecule has 4 aromatic rings. The van der Waals surface area contributed by atoms with E-state index >= 15 is 0 Å². The van der Waals surface area contributed by atoms with E-state index in [1.165, 1.54) is 30.4 Å². The summed E-state index contributed by atoms with van der Waals surface area (Å²) in [4.78, 5) is 17.1. The van der Waals surface area contributed by atoms with Crippen molar-refractivity contribution in [3.8, 4) is 11.1 Å². The fourth-order valence-electron chi connectivity index (χ4n) is 4.91. The van der Waals surface area contributed by atoms with Crippen LogP contribution in [-0.4, -0.2) is 52.6 Å². The third-order valence-corrected chi connectivity index (χ3v) is 9.08. The SMILES string of the molecule is COC(=O)c1ccc(N2CCN(Cc3ccccc3-c3ccc(Cl)cc3)CC2)cc1S(=O)(=O)c1ccccc1. The van der Waals surface area contributed by atoms with Gasteiger partial charge in [0, 0.05) is 43.4 Å². The van der Waals surface area contributed by atoms with E-state index in [1.54, 1.807) is 36.4 Å². The van der Waals surface area contributed by atoms with Crippen LogP contribution in [0, 0.1) is 0 Å². The number of rotatable bonds is 7. The molecule has 0 unspecified atom stereocenters. The Morgan fingerprint density at radius 1 is 0.846 bits per heavy atom. The van der Waals surface area contributed by atoms with E-state index in [-0.39, 0.29) is 15.4 Å². The molecule has 0 N–H and O–H groups in total. The molecule has 200 valence electrons. The van der Waals surface area contributed by atoms with Crippen molar-refractivity contribution in [3.05, 3.63) is 113 Å². The van der Waals surface area contributed by atoms with Crippen molar-refractivity contribution in [2.24, 2.45) is 0 Å². The van der Waals surface area contributed by atoms with Gasteiger partial charge in [0.25, 0.3) is 0 Å². The number of sulfone groups is 1. The molecule has 39 heavy (non-hydrogen) atoms. The van der Waals surface area contributed by atoms with Crippen LogP contribution < -0.4 is 4.90 Å². The number of halogens is 1. The second kappa shape index (κ2) is 11.6. The third kappa shape index (κ3) is 5.86. The third-order valence-electron chi connectivity index (χ3n) is 7.02. The highest BCUT2D eigenvalue weighted by Crippen LogP contribution is 2.31. The summed E-state index contributed by atoms with van der Waals surface area (Å²) in [5.41, 5.74) is 4.35. The zero-order chi connectivity index (χ0) is 27.4. The van der Waals surface area contributed by atoms with Crippen LogP contribution in [0.1, 0.15) is 15.9 Å². The minimum absolute atomic E-state index is 0.0301. The number of esters is 1. The van der Waals surface area contributed by atoms with Crippen LogP contribution in [0.2, 0.25) is 5.02 Å². The molecule has 6 nitrogen and oxygen atoms in total. The molecule has 4 aromatic carbocycles. The van der Waals surface area contributed by atoms with Crippen LogP contribution >= 0.6 is 11.6 Å². The van der Waals surface area contributed by atoms with Crippen molar-refractivity contribution < 1.29 is 17.9 Å². The summed E-state index contributed by atoms with van der Waals surface area (Å²) in [6.07, 6.45) is 0. The van der Waals surface area contributed by atoms with Gasteiger partial charge in [-0.25, -0.2) is 13.2 Å². The van der Waals surface area contributed by atoms with Crippen molar-refractivity contribution in [2.75, 3.05) is 38.2 Å². The van der Waals surface area contributed by atoms with Gasteiger partial charge in [0.05, 0.1) is 22.5 Å². The molecule has 1 saturated heterocycles. The molecule has 0 atom stereocenters. The van der Waals surface area contributed by atoms with Gasteiger partial charge in [-0.05, 0) is 59.2 Å². The fraction of sp³-hybridized carbons (Fsp3) is 0.194. The Balaban J connectivity index is 1.35. The first-order valence-electron chi connectivity index (χ1n) is 12.7. The van der Waals surface area contributed by atoms with E-state index in [0.29, 0.717) is 5.02 Å². The molecule has 1 heterocycles. The van der Waals surface area contributed by atoms with Crippen LogP contribution in [0.4, 0.5) is 5.69 Å². The van der Waals surface area contributed by atoms with Gasteiger partial charge in [0.15, 0.2) is 0 Å². The van der Waals surface area contributed by atoms with Gasteiger partial charge in [-0.15, -0.1) is 0 Å². The normalized spacial score (nSPS) is 14.3. The molecule has 1 aliphatic heterocycles. The Bertz CT molecular complexity index is 1570. The summed E-state index contributed by atoms with van der Waals surface area (Å²) < 4.78 is 31.9. The summed E-state index contributed by atoms with van der Waals surface area (Å²) in [6, 6.07) is 29.4. The molecule has 1 fully saturated rings. The van der Waals surface area contributed by atoms with Gasteiger partial charge in [0.1, 0.15) is 0 Å². The van der Waals surface area contributed by atoms with Crippen LogP contribution in [0.25, 0.3) is 11.1 Å². The number of methoxy groups -OCH3 is 1. The maximum absolute atomic E-state index is 13.5. The van der Waals surface area contributed by atoms with Crippen LogP contribution in [0.15, 0.2) is 107 Å². The number of nitrogens with zero attached hydrogens (tertiary/aromatic N) is 2. The maximum atomic E-state index is 13.5. The topological polar surface area (TPSA) is 66.9 Å². The number of ether oxygens (including phenoxy) is 1. The maximum Gasteiger partial charge on any atom is 0.339 e. The number of carbonyl (C=O) groups is 1. The van der Waals surface area contributed by atoms with Gasteiger partial charge in [-0.3, -0.25) is 4.90 Å². The smallest absolute Gasteiger partial charge is 0.339 e. The first-order chi connectivity index (χ1) is 18.9. The van der Waals surface area contributed by atoms with Crippen molar-refractivity contribution in [3.63, 3.8) is 0 Å². The zero-order valence-electron chi connectivity index (χ0n) is 21.6. The summed E-state index contributed by atoms with van der Waals surface area (Å²) in [6.45, 7) is 3.89. The number of benzene rings is 4.